The van der Waals surface area contributed by atoms with Gasteiger partial charge >= 0.3 is 0 Å². The molecule has 0 bridgehead atoms. The van der Waals surface area contributed by atoms with Crippen LogP contribution in [0.4, 0.5) is 5.69 Å². The molecule has 15 heteroatoms. The van der Waals surface area contributed by atoms with E-state index in [1.165, 1.54) is 28.7 Å². The number of sulfonamides is 2. The van der Waals surface area contributed by atoms with Gasteiger partial charge in [-0.25, -0.2) is 27.0 Å². The van der Waals surface area contributed by atoms with Gasteiger partial charge in [-0.15, -0.1) is 0 Å². The first-order valence-corrected chi connectivity index (χ1v) is 16.1. The molecule has 220 valence electrons. The van der Waals surface area contributed by atoms with Crippen molar-refractivity contribution < 1.29 is 36.2 Å². The van der Waals surface area contributed by atoms with Gasteiger partial charge in [-0.2, -0.15) is 4.31 Å². The second-order valence-corrected chi connectivity index (χ2v) is 14.0. The van der Waals surface area contributed by atoms with E-state index in [2.05, 4.69) is 10.3 Å². The molecule has 40 heavy (non-hydrogen) atoms. The average molecular weight is 598 g/mol. The van der Waals surface area contributed by atoms with Crippen LogP contribution in [0.5, 0.6) is 11.6 Å². The van der Waals surface area contributed by atoms with Crippen LogP contribution in [-0.4, -0.2) is 102 Å². The Morgan fingerprint density at radius 2 is 1.98 bits per heavy atom. The van der Waals surface area contributed by atoms with Gasteiger partial charge in [-0.3, -0.25) is 0 Å². The molecule has 2 atom stereocenters. The van der Waals surface area contributed by atoms with E-state index in [-0.39, 0.29) is 29.0 Å². The minimum absolute atomic E-state index is 0.00361. The van der Waals surface area contributed by atoms with Crippen molar-refractivity contribution in [3.05, 3.63) is 36.5 Å². The molecular formula is C25H35N5O8S2. The van der Waals surface area contributed by atoms with E-state index in [0.717, 1.165) is 0 Å². The third kappa shape index (κ3) is 6.35. The Bertz CT molecular complexity index is 1430. The summed E-state index contributed by atoms with van der Waals surface area (Å²) in [5.41, 5.74) is 0.250. The minimum Gasteiger partial charge on any atom is -0.491 e. The standard InChI is InChI=1S/C25H35N5O8S2/c1-29-9-10-36-24-23(29)12-22(15-28-24)40(34,35)30-7-5-25(6-8-30)13-18(16-38-25)27-14-19(31)17-37-20-3-2-4-21(11-20)39(26,32)33/h2-4,11-12,15,18-19,27,31H,5-10,13-14,16-17H2,1H3,(H2,26,32,33). The number of fused-ring (bicyclic) bond motifs is 1. The van der Waals surface area contributed by atoms with Gasteiger partial charge in [0.15, 0.2) is 0 Å². The molecule has 3 aliphatic heterocycles. The lowest BCUT2D eigenvalue weighted by atomic mass is 9.88. The molecule has 1 spiro atoms. The number of piperidine rings is 1. The molecule has 4 N–H and O–H groups in total. The smallest absolute Gasteiger partial charge is 0.244 e. The first-order valence-electron chi connectivity index (χ1n) is 13.1. The van der Waals surface area contributed by atoms with Crippen molar-refractivity contribution in [1.29, 1.82) is 0 Å². The number of hydrogen-bond acceptors (Lipinski definition) is 11. The lowest BCUT2D eigenvalue weighted by Gasteiger charge is -2.38. The van der Waals surface area contributed by atoms with E-state index in [4.69, 9.17) is 19.3 Å². The zero-order valence-corrected chi connectivity index (χ0v) is 23.9. The number of benzene rings is 1. The fourth-order valence-electron chi connectivity index (χ4n) is 5.25. The van der Waals surface area contributed by atoms with E-state index in [0.29, 0.717) is 69.4 Å². The van der Waals surface area contributed by atoms with E-state index in [1.54, 1.807) is 12.1 Å². The molecular weight excluding hydrogens is 562 g/mol. The first kappa shape index (κ1) is 29.0. The summed E-state index contributed by atoms with van der Waals surface area (Å²) in [6.45, 7) is 2.53. The highest BCUT2D eigenvalue weighted by atomic mass is 32.2. The van der Waals surface area contributed by atoms with Crippen LogP contribution in [0.1, 0.15) is 19.3 Å². The molecule has 2 saturated heterocycles. The molecule has 0 aliphatic carbocycles. The van der Waals surface area contributed by atoms with Gasteiger partial charge in [0.1, 0.15) is 35.7 Å². The summed E-state index contributed by atoms with van der Waals surface area (Å²) in [5, 5.41) is 18.8. The number of primary sulfonamides is 1. The van der Waals surface area contributed by atoms with Crippen LogP contribution in [0, 0.1) is 0 Å². The number of aliphatic hydroxyl groups excluding tert-OH is 1. The number of rotatable bonds is 9. The number of anilines is 1. The summed E-state index contributed by atoms with van der Waals surface area (Å²) < 4.78 is 68.4. The second-order valence-electron chi connectivity index (χ2n) is 10.5. The molecule has 2 fully saturated rings. The van der Waals surface area contributed by atoms with E-state index < -0.39 is 31.8 Å². The Morgan fingerprint density at radius 3 is 2.73 bits per heavy atom. The highest BCUT2D eigenvalue weighted by Crippen LogP contribution is 2.38. The van der Waals surface area contributed by atoms with Crippen LogP contribution in [0.3, 0.4) is 0 Å². The quantitative estimate of drug-likeness (QED) is 0.352. The van der Waals surface area contributed by atoms with Crippen LogP contribution >= 0.6 is 0 Å². The number of likely N-dealkylation sites (N-methyl/N-ethyl adjacent to an activating group) is 1. The molecule has 1 aromatic heterocycles. The molecule has 2 unspecified atom stereocenters. The Morgan fingerprint density at radius 1 is 1.20 bits per heavy atom. The second kappa shape index (κ2) is 11.4. The predicted octanol–water partition coefficient (Wildman–Crippen LogP) is -0.101. The van der Waals surface area contributed by atoms with Crippen LogP contribution in [0.2, 0.25) is 0 Å². The maximum absolute atomic E-state index is 13.4. The summed E-state index contributed by atoms with van der Waals surface area (Å²) in [4.78, 5) is 6.25. The minimum atomic E-state index is -3.84. The van der Waals surface area contributed by atoms with Gasteiger partial charge in [0.2, 0.25) is 25.9 Å². The average Bonchev–Trinajstić information content (AvgIpc) is 3.32. The van der Waals surface area contributed by atoms with Gasteiger partial charge in [-0.1, -0.05) is 6.07 Å². The topological polar surface area (TPSA) is 174 Å². The van der Waals surface area contributed by atoms with Crippen LogP contribution in [0.15, 0.2) is 46.3 Å². The van der Waals surface area contributed by atoms with Gasteiger partial charge in [0.25, 0.3) is 0 Å². The van der Waals surface area contributed by atoms with Gasteiger partial charge < -0.3 is 29.5 Å². The normalized spacial score (nSPS) is 22.1. The number of nitrogens with zero attached hydrogens (tertiary/aromatic N) is 3. The number of aromatic nitrogens is 1. The first-order chi connectivity index (χ1) is 19.0. The highest BCUT2D eigenvalue weighted by molar-refractivity contribution is 7.89. The molecule has 0 radical (unpaired) electrons. The van der Waals surface area contributed by atoms with Crippen molar-refractivity contribution in [2.45, 2.75) is 46.8 Å². The van der Waals surface area contributed by atoms with E-state index in [9.17, 15) is 21.9 Å². The Labute approximate surface area is 234 Å². The number of hydrogen-bond donors (Lipinski definition) is 3. The predicted molar refractivity (Wildman–Crippen MR) is 145 cm³/mol. The Kier molecular flexibility index (Phi) is 8.25. The summed E-state index contributed by atoms with van der Waals surface area (Å²) in [7, 11) is -5.67. The Hall–Kier alpha value is -2.53. The van der Waals surface area contributed by atoms with E-state index in [1.807, 2.05) is 11.9 Å². The summed E-state index contributed by atoms with van der Waals surface area (Å²) in [6.07, 6.45) is 2.36. The number of nitrogens with one attached hydrogen (secondary N) is 1. The van der Waals surface area contributed by atoms with Crippen molar-refractivity contribution in [2.24, 2.45) is 5.14 Å². The third-order valence-electron chi connectivity index (χ3n) is 7.58. The lowest BCUT2D eigenvalue weighted by Crippen LogP contribution is -2.47. The van der Waals surface area contributed by atoms with Crippen LogP contribution in [0.25, 0.3) is 0 Å². The summed E-state index contributed by atoms with van der Waals surface area (Å²) in [5.74, 6) is 0.734. The van der Waals surface area contributed by atoms with Crippen molar-refractivity contribution in [2.75, 3.05) is 57.9 Å². The molecule has 13 nitrogen and oxygen atoms in total. The number of ether oxygens (including phenoxy) is 3. The molecule has 3 aliphatic rings. The SMILES string of the molecule is CN1CCOc2ncc(S(=O)(=O)N3CCC4(CC3)CC(NCC(O)COc3cccc(S(N)(=O)=O)c3)CO4)cc21. The maximum atomic E-state index is 13.4. The van der Waals surface area contributed by atoms with Gasteiger partial charge in [-0.05, 0) is 37.5 Å². The monoisotopic (exact) mass is 597 g/mol. The highest BCUT2D eigenvalue weighted by Gasteiger charge is 2.45. The Balaban J connectivity index is 1.09. The molecule has 2 aromatic rings. The van der Waals surface area contributed by atoms with Crippen LogP contribution < -0.4 is 24.8 Å². The fourth-order valence-corrected chi connectivity index (χ4v) is 7.21. The number of aliphatic hydroxyl groups is 1. The largest absolute Gasteiger partial charge is 0.491 e. The zero-order valence-electron chi connectivity index (χ0n) is 22.2. The third-order valence-corrected chi connectivity index (χ3v) is 10.4. The van der Waals surface area contributed by atoms with Crippen molar-refractivity contribution in [3.63, 3.8) is 0 Å². The molecule has 1 aromatic carbocycles. The molecule has 4 heterocycles. The maximum Gasteiger partial charge on any atom is 0.244 e. The number of pyridine rings is 1. The van der Waals surface area contributed by atoms with Gasteiger partial charge in [0, 0.05) is 38.8 Å². The van der Waals surface area contributed by atoms with Crippen molar-refractivity contribution >= 4 is 25.7 Å². The van der Waals surface area contributed by atoms with Crippen LogP contribution in [-0.2, 0) is 24.8 Å². The number of nitrogens with two attached hydrogens (primary N) is 1. The van der Waals surface area contributed by atoms with E-state index >= 15 is 0 Å². The summed E-state index contributed by atoms with van der Waals surface area (Å²) >= 11 is 0. The lowest BCUT2D eigenvalue weighted by molar-refractivity contribution is -0.0312. The van der Waals surface area contributed by atoms with Crippen molar-refractivity contribution in [3.8, 4) is 11.6 Å². The molecule has 0 saturated carbocycles. The van der Waals surface area contributed by atoms with Gasteiger partial charge in [0.05, 0.1) is 29.8 Å². The molecule has 0 amide bonds. The molecule has 5 rings (SSSR count). The zero-order chi connectivity index (χ0) is 28.5. The van der Waals surface area contributed by atoms with Crippen molar-refractivity contribution in [1.82, 2.24) is 14.6 Å². The summed E-state index contributed by atoms with van der Waals surface area (Å²) in [6, 6.07) is 7.41. The fraction of sp³-hybridized carbons (Fsp3) is 0.560.